The molecule has 17 heavy (non-hydrogen) atoms. The van der Waals surface area contributed by atoms with Crippen molar-refractivity contribution in [2.75, 3.05) is 13.2 Å². The van der Waals surface area contributed by atoms with Crippen LogP contribution in [0.25, 0.3) is 0 Å². The minimum absolute atomic E-state index is 0.569. The zero-order valence-electron chi connectivity index (χ0n) is 12.0. The fourth-order valence-electron chi connectivity index (χ4n) is 1.19. The van der Waals surface area contributed by atoms with Crippen molar-refractivity contribution in [2.24, 2.45) is 0 Å². The van der Waals surface area contributed by atoms with Crippen LogP contribution in [0.3, 0.4) is 0 Å². The Morgan fingerprint density at radius 3 is 2.00 bits per heavy atom. The van der Waals surface area contributed by atoms with Crippen molar-refractivity contribution in [3.05, 3.63) is 23.9 Å². The van der Waals surface area contributed by atoms with E-state index >= 15 is 0 Å². The van der Waals surface area contributed by atoms with Crippen LogP contribution in [-0.4, -0.2) is 21.5 Å². The van der Waals surface area contributed by atoms with Crippen LogP contribution < -0.4 is 0 Å². The van der Waals surface area contributed by atoms with E-state index in [1.165, 1.54) is 0 Å². The molecule has 0 aromatic carbocycles. The van der Waals surface area contributed by atoms with E-state index in [1.807, 2.05) is 26.0 Å². The summed E-state index contributed by atoms with van der Waals surface area (Å²) in [6, 6.07) is 0. The quantitative estimate of drug-likeness (QED) is 0.373. The molecule has 4 heteroatoms. The number of hydrogen-bond donors (Lipinski definition) is 0. The Morgan fingerprint density at radius 1 is 1.00 bits per heavy atom. The third kappa shape index (κ3) is 8.86. The average Bonchev–Trinajstić information content (AvgIpc) is 2.16. The highest BCUT2D eigenvalue weighted by molar-refractivity contribution is 6.70. The lowest BCUT2D eigenvalue weighted by molar-refractivity contribution is 0.109. The van der Waals surface area contributed by atoms with Crippen molar-refractivity contribution in [3.8, 4) is 0 Å². The van der Waals surface area contributed by atoms with E-state index in [9.17, 15) is 0 Å². The molecule has 0 radical (unpaired) electrons. The van der Waals surface area contributed by atoms with E-state index in [1.54, 1.807) is 0 Å². The topological polar surface area (TPSA) is 27.7 Å². The number of hydrogen-bond acceptors (Lipinski definition) is 3. The first-order chi connectivity index (χ1) is 7.92. The van der Waals surface area contributed by atoms with Gasteiger partial charge in [-0.05, 0) is 46.0 Å². The molecule has 0 aromatic heterocycles. The molecular weight excluding hydrogens is 232 g/mol. The van der Waals surface area contributed by atoms with E-state index in [-0.39, 0.29) is 0 Å². The van der Waals surface area contributed by atoms with Gasteiger partial charge in [0.1, 0.15) is 5.76 Å². The largest absolute Gasteiger partial charge is 0.520 e. The van der Waals surface area contributed by atoms with Gasteiger partial charge >= 0.3 is 0 Å². The maximum atomic E-state index is 5.86. The van der Waals surface area contributed by atoms with Crippen molar-refractivity contribution >= 4 is 8.32 Å². The third-order valence-corrected chi connectivity index (χ3v) is 2.48. The van der Waals surface area contributed by atoms with Gasteiger partial charge in [0.15, 0.2) is 0 Å². The Labute approximate surface area is 107 Å². The van der Waals surface area contributed by atoms with Gasteiger partial charge in [-0.2, -0.15) is 0 Å². The molecule has 0 heterocycles. The maximum absolute atomic E-state index is 5.86. The molecule has 100 valence electrons. The zero-order chi connectivity index (χ0) is 13.3. The maximum Gasteiger partial charge on any atom is 0.269 e. The van der Waals surface area contributed by atoms with Crippen molar-refractivity contribution in [1.29, 1.82) is 0 Å². The Bertz CT molecular complexity index is 264. The summed E-state index contributed by atoms with van der Waals surface area (Å²) in [4.78, 5) is 0. The second kappa shape index (κ2) is 8.23. The molecule has 0 saturated heterocycles. The SMILES string of the molecule is CC/C=C(\C=C(/OCC)O[Si](C)(C)C)OCC. The summed E-state index contributed by atoms with van der Waals surface area (Å²) in [7, 11) is -1.65. The minimum atomic E-state index is -1.65. The molecule has 0 amide bonds. The number of allylic oxidation sites excluding steroid dienone is 2. The van der Waals surface area contributed by atoms with Crippen LogP contribution in [0.15, 0.2) is 23.9 Å². The van der Waals surface area contributed by atoms with Crippen LogP contribution in [0.5, 0.6) is 0 Å². The summed E-state index contributed by atoms with van der Waals surface area (Å²) < 4.78 is 16.9. The molecule has 0 aliphatic rings. The van der Waals surface area contributed by atoms with Crippen LogP contribution in [0.1, 0.15) is 27.2 Å². The van der Waals surface area contributed by atoms with Crippen molar-refractivity contribution < 1.29 is 13.9 Å². The Hall–Kier alpha value is -0.903. The Morgan fingerprint density at radius 2 is 1.59 bits per heavy atom. The molecule has 3 nitrogen and oxygen atoms in total. The van der Waals surface area contributed by atoms with Gasteiger partial charge in [-0.25, -0.2) is 0 Å². The third-order valence-electron chi connectivity index (χ3n) is 1.67. The molecule has 0 N–H and O–H groups in total. The van der Waals surface area contributed by atoms with Crippen LogP contribution in [-0.2, 0) is 13.9 Å². The summed E-state index contributed by atoms with van der Waals surface area (Å²) in [5.74, 6) is 1.39. The predicted octanol–water partition coefficient (Wildman–Crippen LogP) is 4.05. The lowest BCUT2D eigenvalue weighted by atomic mass is 10.3. The average molecular weight is 258 g/mol. The molecule has 0 spiro atoms. The molecule has 0 aliphatic heterocycles. The fourth-order valence-corrected chi connectivity index (χ4v) is 1.91. The summed E-state index contributed by atoms with van der Waals surface area (Å²) in [6.45, 7) is 13.6. The normalized spacial score (nSPS) is 13.5. The molecule has 0 atom stereocenters. The highest BCUT2D eigenvalue weighted by Crippen LogP contribution is 2.15. The van der Waals surface area contributed by atoms with Crippen LogP contribution >= 0.6 is 0 Å². The van der Waals surface area contributed by atoms with E-state index in [0.717, 1.165) is 12.2 Å². The first-order valence-electron chi connectivity index (χ1n) is 6.29. The van der Waals surface area contributed by atoms with E-state index in [4.69, 9.17) is 13.9 Å². The van der Waals surface area contributed by atoms with Crippen molar-refractivity contribution in [2.45, 2.75) is 46.8 Å². The van der Waals surface area contributed by atoms with Gasteiger partial charge in [0.05, 0.1) is 19.3 Å². The van der Waals surface area contributed by atoms with Crippen molar-refractivity contribution in [3.63, 3.8) is 0 Å². The van der Waals surface area contributed by atoms with Crippen LogP contribution in [0, 0.1) is 0 Å². The summed E-state index contributed by atoms with van der Waals surface area (Å²) in [5, 5.41) is 0. The highest BCUT2D eigenvalue weighted by Gasteiger charge is 2.18. The van der Waals surface area contributed by atoms with E-state index < -0.39 is 8.32 Å². The Kier molecular flexibility index (Phi) is 7.79. The van der Waals surface area contributed by atoms with Gasteiger partial charge < -0.3 is 13.9 Å². The molecule has 0 unspecified atom stereocenters. The molecule has 0 bridgehead atoms. The second-order valence-electron chi connectivity index (χ2n) is 4.56. The predicted molar refractivity (Wildman–Crippen MR) is 74.1 cm³/mol. The monoisotopic (exact) mass is 258 g/mol. The number of ether oxygens (including phenoxy) is 2. The van der Waals surface area contributed by atoms with Gasteiger partial charge in [0.25, 0.3) is 5.95 Å². The van der Waals surface area contributed by atoms with Gasteiger partial charge in [-0.1, -0.05) is 6.92 Å². The lowest BCUT2D eigenvalue weighted by Crippen LogP contribution is -2.25. The minimum Gasteiger partial charge on any atom is -0.520 e. The van der Waals surface area contributed by atoms with Crippen LogP contribution in [0.2, 0.25) is 19.6 Å². The molecule has 0 fully saturated rings. The molecule has 0 rings (SSSR count). The molecule has 0 aliphatic carbocycles. The molecular formula is C13H26O3Si. The summed E-state index contributed by atoms with van der Waals surface area (Å²) in [6.07, 6.45) is 4.79. The first kappa shape index (κ1) is 16.1. The Balaban J connectivity index is 4.80. The number of rotatable bonds is 8. The molecule has 0 aromatic rings. The second-order valence-corrected chi connectivity index (χ2v) is 8.99. The fraction of sp³-hybridized carbons (Fsp3) is 0.692. The standard InChI is InChI=1S/C13H26O3Si/c1-7-10-12(14-8-2)11-13(15-9-3)16-17(4,5)6/h10-11H,7-9H2,1-6H3/b12-10+,13-11+. The van der Waals surface area contributed by atoms with E-state index in [2.05, 4.69) is 26.6 Å². The van der Waals surface area contributed by atoms with Crippen LogP contribution in [0.4, 0.5) is 0 Å². The van der Waals surface area contributed by atoms with Gasteiger partial charge in [-0.15, -0.1) is 0 Å². The van der Waals surface area contributed by atoms with Gasteiger partial charge in [-0.3, -0.25) is 0 Å². The zero-order valence-corrected chi connectivity index (χ0v) is 13.0. The highest BCUT2D eigenvalue weighted by atomic mass is 28.4. The van der Waals surface area contributed by atoms with Gasteiger partial charge in [0.2, 0.25) is 8.32 Å². The van der Waals surface area contributed by atoms with E-state index in [0.29, 0.717) is 19.2 Å². The summed E-state index contributed by atoms with van der Waals surface area (Å²) >= 11 is 0. The first-order valence-corrected chi connectivity index (χ1v) is 9.70. The van der Waals surface area contributed by atoms with Crippen molar-refractivity contribution in [1.82, 2.24) is 0 Å². The smallest absolute Gasteiger partial charge is 0.269 e. The lowest BCUT2D eigenvalue weighted by Gasteiger charge is -2.21. The molecule has 0 saturated carbocycles. The van der Waals surface area contributed by atoms with Gasteiger partial charge in [0, 0.05) is 0 Å². The summed E-state index contributed by atoms with van der Waals surface area (Å²) in [5.41, 5.74) is 0.